The summed E-state index contributed by atoms with van der Waals surface area (Å²) in [6.45, 7) is 16.8. The van der Waals surface area contributed by atoms with Crippen molar-refractivity contribution >= 4 is 6.09 Å². The van der Waals surface area contributed by atoms with Crippen molar-refractivity contribution in [3.05, 3.63) is 68.0 Å². The topological polar surface area (TPSA) is 103 Å². The molecule has 0 saturated heterocycles. The van der Waals surface area contributed by atoms with E-state index in [1.54, 1.807) is 27.8 Å². The number of hydrogen-bond donors (Lipinski definition) is 2. The van der Waals surface area contributed by atoms with Crippen molar-refractivity contribution in [3.8, 4) is 0 Å². The highest BCUT2D eigenvalue weighted by atomic mass is 16.6. The van der Waals surface area contributed by atoms with Gasteiger partial charge in [-0.2, -0.15) is 0 Å². The molecule has 2 rings (SSSR count). The predicted molar refractivity (Wildman–Crippen MR) is 156 cm³/mol. The van der Waals surface area contributed by atoms with Gasteiger partial charge in [-0.05, 0) is 51.2 Å². The Hall–Kier alpha value is -2.87. The van der Waals surface area contributed by atoms with Crippen LogP contribution in [0.25, 0.3) is 0 Å². The highest BCUT2D eigenvalue weighted by Crippen LogP contribution is 2.11. The standard InChI is InChI=1S/C15H18N2O2.C8H18.C7H15NO3/c1-4-12-7-11(2)8-13(9-12)10-17-14(18)5-6-16(3)15(17)19;1-4-6-7-8(3)5-2;1-7(2,3)11-6(10)8-4-5-9/h5-9H,4,10H2,1-3H3;8H,4-7H2,1-3H3;9H,4-5H2,1-3H3,(H,8,10). The number of aryl methyl sites for hydroxylation is 3. The van der Waals surface area contributed by atoms with Gasteiger partial charge in [0.05, 0.1) is 13.2 Å². The van der Waals surface area contributed by atoms with E-state index in [9.17, 15) is 14.4 Å². The van der Waals surface area contributed by atoms with Gasteiger partial charge in [-0.1, -0.05) is 77.1 Å². The summed E-state index contributed by atoms with van der Waals surface area (Å²) in [4.78, 5) is 34.5. The Morgan fingerprint density at radius 3 is 2.26 bits per heavy atom. The molecule has 8 nitrogen and oxygen atoms in total. The van der Waals surface area contributed by atoms with Gasteiger partial charge in [0.1, 0.15) is 5.60 Å². The third-order valence-electron chi connectivity index (χ3n) is 5.71. The summed E-state index contributed by atoms with van der Waals surface area (Å²) in [5.41, 5.74) is 2.34. The number of carbonyl (C=O) groups is 1. The lowest BCUT2D eigenvalue weighted by Gasteiger charge is -2.19. The smallest absolute Gasteiger partial charge is 0.407 e. The van der Waals surface area contributed by atoms with Crippen LogP contribution in [0.1, 0.15) is 90.8 Å². The summed E-state index contributed by atoms with van der Waals surface area (Å²) in [5.74, 6) is 0.954. The summed E-state index contributed by atoms with van der Waals surface area (Å²) in [6, 6.07) is 7.59. The van der Waals surface area contributed by atoms with Crippen LogP contribution in [0, 0.1) is 12.8 Å². The molecule has 0 bridgehead atoms. The van der Waals surface area contributed by atoms with Gasteiger partial charge in [0.15, 0.2) is 0 Å². The van der Waals surface area contributed by atoms with Gasteiger partial charge in [-0.3, -0.25) is 9.36 Å². The van der Waals surface area contributed by atoms with Crippen LogP contribution in [-0.2, 0) is 24.8 Å². The number of amides is 1. The van der Waals surface area contributed by atoms with Crippen LogP contribution in [0.15, 0.2) is 40.1 Å². The second-order valence-corrected chi connectivity index (χ2v) is 10.6. The second-order valence-electron chi connectivity index (χ2n) is 10.6. The number of rotatable bonds is 9. The van der Waals surface area contributed by atoms with Crippen LogP contribution in [-0.4, -0.2) is 39.1 Å². The number of nitrogens with one attached hydrogen (secondary N) is 1. The van der Waals surface area contributed by atoms with E-state index in [0.29, 0.717) is 6.54 Å². The Bertz CT molecular complexity index is 1070. The fourth-order valence-corrected chi connectivity index (χ4v) is 3.41. The van der Waals surface area contributed by atoms with Crippen LogP contribution in [0.3, 0.4) is 0 Å². The zero-order chi connectivity index (χ0) is 29.3. The van der Waals surface area contributed by atoms with Crippen LogP contribution in [0.2, 0.25) is 0 Å². The Morgan fingerprint density at radius 2 is 1.74 bits per heavy atom. The molecule has 1 heterocycles. The first kappa shape index (κ1) is 35.1. The van der Waals surface area contributed by atoms with E-state index in [1.165, 1.54) is 52.6 Å². The SMILES string of the molecule is CC(C)(C)OC(=O)NCCO.CCCCC(C)CC.CCc1cc(C)cc(Cn2c(=O)ccn(C)c2=O)c1. The molecule has 1 amide bonds. The molecule has 1 aromatic heterocycles. The highest BCUT2D eigenvalue weighted by molar-refractivity contribution is 5.67. The van der Waals surface area contributed by atoms with Crippen LogP contribution in [0.4, 0.5) is 4.79 Å². The van der Waals surface area contributed by atoms with Gasteiger partial charge < -0.3 is 19.7 Å². The van der Waals surface area contributed by atoms with E-state index >= 15 is 0 Å². The van der Waals surface area contributed by atoms with Crippen molar-refractivity contribution < 1.29 is 14.6 Å². The minimum Gasteiger partial charge on any atom is -0.444 e. The Kier molecular flexibility index (Phi) is 17.0. The van der Waals surface area contributed by atoms with Crippen LogP contribution >= 0.6 is 0 Å². The summed E-state index contributed by atoms with van der Waals surface area (Å²) in [5, 5.41) is 10.7. The van der Waals surface area contributed by atoms with Crippen molar-refractivity contribution in [2.75, 3.05) is 13.2 Å². The molecule has 0 aliphatic heterocycles. The number of hydrogen-bond acceptors (Lipinski definition) is 5. The van der Waals surface area contributed by atoms with Crippen LogP contribution in [0.5, 0.6) is 0 Å². The van der Waals surface area contributed by atoms with Gasteiger partial charge >= 0.3 is 11.8 Å². The van der Waals surface area contributed by atoms with E-state index in [4.69, 9.17) is 9.84 Å². The van der Waals surface area contributed by atoms with Gasteiger partial charge in [-0.25, -0.2) is 9.59 Å². The van der Waals surface area contributed by atoms with Crippen molar-refractivity contribution in [1.82, 2.24) is 14.5 Å². The number of alkyl carbamates (subject to hydrolysis) is 1. The number of benzene rings is 1. The predicted octanol–water partition coefficient (Wildman–Crippen LogP) is 5.19. The van der Waals surface area contributed by atoms with E-state index in [2.05, 4.69) is 39.1 Å². The fourth-order valence-electron chi connectivity index (χ4n) is 3.41. The number of aliphatic hydroxyl groups excluding tert-OH is 1. The molecular formula is C30H51N3O5. The van der Waals surface area contributed by atoms with Gasteiger partial charge in [0.2, 0.25) is 0 Å². The summed E-state index contributed by atoms with van der Waals surface area (Å²) >= 11 is 0. The number of aromatic nitrogens is 2. The Balaban J connectivity index is 0.000000613. The average molecular weight is 534 g/mol. The first-order chi connectivity index (χ1) is 17.8. The average Bonchev–Trinajstić information content (AvgIpc) is 2.85. The lowest BCUT2D eigenvalue weighted by molar-refractivity contribution is 0.0517. The number of ether oxygens (including phenoxy) is 1. The summed E-state index contributed by atoms with van der Waals surface area (Å²) < 4.78 is 7.55. The second kappa shape index (κ2) is 18.4. The molecule has 1 atom stereocenters. The van der Waals surface area contributed by atoms with E-state index in [-0.39, 0.29) is 24.4 Å². The zero-order valence-electron chi connectivity index (χ0n) is 25.1. The van der Waals surface area contributed by atoms with Gasteiger partial charge in [-0.15, -0.1) is 0 Å². The summed E-state index contributed by atoms with van der Waals surface area (Å²) in [6.07, 6.45) is 7.48. The molecule has 0 spiro atoms. The molecule has 38 heavy (non-hydrogen) atoms. The van der Waals surface area contributed by atoms with Crippen LogP contribution < -0.4 is 16.6 Å². The van der Waals surface area contributed by atoms with Crippen molar-refractivity contribution in [2.45, 2.75) is 99.6 Å². The number of unbranched alkanes of at least 4 members (excludes halogenated alkanes) is 1. The molecule has 2 N–H and O–H groups in total. The van der Waals surface area contributed by atoms with Crippen molar-refractivity contribution in [3.63, 3.8) is 0 Å². The molecule has 0 saturated carbocycles. The molecule has 0 radical (unpaired) electrons. The van der Waals surface area contributed by atoms with E-state index in [0.717, 1.165) is 23.5 Å². The molecule has 0 fully saturated rings. The first-order valence-corrected chi connectivity index (χ1v) is 13.7. The Morgan fingerprint density at radius 1 is 1.11 bits per heavy atom. The van der Waals surface area contributed by atoms with E-state index in [1.807, 2.05) is 19.1 Å². The lowest BCUT2D eigenvalue weighted by atomic mass is 10.0. The summed E-state index contributed by atoms with van der Waals surface area (Å²) in [7, 11) is 1.64. The minimum absolute atomic E-state index is 0.0702. The number of nitrogens with zero attached hydrogens (tertiary/aromatic N) is 2. The van der Waals surface area contributed by atoms with Crippen molar-refractivity contribution in [2.24, 2.45) is 13.0 Å². The normalized spacial score (nSPS) is 11.4. The molecule has 0 aliphatic carbocycles. The quantitative estimate of drug-likeness (QED) is 0.462. The molecule has 8 heteroatoms. The minimum atomic E-state index is -0.494. The third-order valence-corrected chi connectivity index (χ3v) is 5.71. The monoisotopic (exact) mass is 533 g/mol. The number of aliphatic hydroxyl groups is 1. The fraction of sp³-hybridized carbons (Fsp3) is 0.633. The zero-order valence-corrected chi connectivity index (χ0v) is 25.1. The lowest BCUT2D eigenvalue weighted by Crippen LogP contribution is -2.38. The largest absolute Gasteiger partial charge is 0.444 e. The Labute approximate surface area is 229 Å². The van der Waals surface area contributed by atoms with Gasteiger partial charge in [0, 0.05) is 25.9 Å². The first-order valence-electron chi connectivity index (χ1n) is 13.7. The van der Waals surface area contributed by atoms with Crippen molar-refractivity contribution in [1.29, 1.82) is 0 Å². The van der Waals surface area contributed by atoms with Gasteiger partial charge in [0.25, 0.3) is 5.56 Å². The van der Waals surface area contributed by atoms with E-state index < -0.39 is 11.7 Å². The molecule has 0 aliphatic rings. The highest BCUT2D eigenvalue weighted by Gasteiger charge is 2.15. The third kappa shape index (κ3) is 15.4. The molecule has 1 unspecified atom stereocenters. The maximum absolute atomic E-state index is 12.0. The maximum atomic E-state index is 12.0. The molecule has 1 aromatic carbocycles. The molecule has 216 valence electrons. The number of carbonyl (C=O) groups excluding carboxylic acids is 1. The maximum Gasteiger partial charge on any atom is 0.407 e. The molecular weight excluding hydrogens is 482 g/mol. The molecule has 2 aromatic rings.